The summed E-state index contributed by atoms with van der Waals surface area (Å²) in [5, 5.41) is 2.98. The van der Waals surface area contributed by atoms with E-state index >= 15 is 33.6 Å². The van der Waals surface area contributed by atoms with Crippen LogP contribution in [-0.2, 0) is 78.4 Å². The topological polar surface area (TPSA) is 336 Å². The van der Waals surface area contributed by atoms with Crippen molar-refractivity contribution in [3.05, 3.63) is 144 Å². The van der Waals surface area contributed by atoms with Crippen LogP contribution in [0.2, 0.25) is 0 Å². The van der Waals surface area contributed by atoms with Crippen LogP contribution >= 0.6 is 0 Å². The van der Waals surface area contributed by atoms with E-state index in [-0.39, 0.29) is 123 Å². The van der Waals surface area contributed by atoms with Crippen LogP contribution in [0.3, 0.4) is 0 Å². The first-order valence-electron chi connectivity index (χ1n) is 48.3. The van der Waals surface area contributed by atoms with Crippen LogP contribution in [0, 0.1) is 0 Å². The van der Waals surface area contributed by atoms with E-state index in [2.05, 4.69) is 33.0 Å². The molecule has 4 aromatic rings. The molecule has 0 spiro atoms. The summed E-state index contributed by atoms with van der Waals surface area (Å²) in [6, 6.07) is 38.0. The van der Waals surface area contributed by atoms with E-state index in [1.165, 1.54) is 58.5 Å². The highest BCUT2D eigenvalue weighted by molar-refractivity contribution is 5.95. The van der Waals surface area contributed by atoms with Gasteiger partial charge in [0.25, 0.3) is 0 Å². The zero-order chi connectivity index (χ0) is 91.4. The van der Waals surface area contributed by atoms with E-state index in [0.29, 0.717) is 71.0 Å². The summed E-state index contributed by atoms with van der Waals surface area (Å²) in [6.07, 6.45) is 33.5. The molecule has 0 radical (unpaired) electrons. The number of hydrogen-bond donors (Lipinski definition) is 5. The van der Waals surface area contributed by atoms with E-state index in [4.69, 9.17) is 22.9 Å². The number of carbonyl (C=O) groups excluding carboxylic acids is 11. The molecule has 0 aromatic heterocycles. The van der Waals surface area contributed by atoms with Gasteiger partial charge < -0.3 is 77.3 Å². The van der Waals surface area contributed by atoms with Crippen LogP contribution in [0.25, 0.3) is 0 Å². The maximum Gasteiger partial charge on any atom is 0.242 e. The summed E-state index contributed by atoms with van der Waals surface area (Å²) >= 11 is 0. The molecule has 0 aliphatic heterocycles. The third kappa shape index (κ3) is 49.3. The number of unbranched alkanes of at least 4 members (excludes halogenated alkanes) is 28. The molecular weight excluding hydrogens is 1590 g/mol. The van der Waals surface area contributed by atoms with Crippen LogP contribution in [0.5, 0.6) is 0 Å². The molecule has 0 saturated heterocycles. The number of rotatable bonds is 76. The van der Waals surface area contributed by atoms with Crippen molar-refractivity contribution >= 4 is 65.0 Å². The molecule has 4 rings (SSSR count). The van der Waals surface area contributed by atoms with E-state index in [1.807, 2.05) is 121 Å². The Morgan fingerprint density at radius 2 is 0.405 bits per heavy atom. The van der Waals surface area contributed by atoms with E-state index in [0.717, 1.165) is 183 Å². The Bertz CT molecular complexity index is 3620. The minimum Gasteiger partial charge on any atom is -0.368 e. The molecule has 0 bridgehead atoms. The maximum atomic E-state index is 15.7. The number of hydrogen-bond acceptors (Lipinski definition) is 15. The molecule has 26 nitrogen and oxygen atoms in total. The molecule has 11 amide bonds. The number of primary amides is 1. The first-order chi connectivity index (χ1) is 61.3. The quantitative estimate of drug-likeness (QED) is 0.0257. The molecular formula is C100H163N15O11. The Kier molecular flexibility index (Phi) is 60.6. The van der Waals surface area contributed by atoms with Crippen molar-refractivity contribution in [2.45, 2.75) is 259 Å². The van der Waals surface area contributed by atoms with Gasteiger partial charge in [0, 0.05) is 91.6 Å². The molecule has 0 fully saturated rings. The largest absolute Gasteiger partial charge is 0.368 e. The zero-order valence-electron chi connectivity index (χ0n) is 78.0. The third-order valence-corrected chi connectivity index (χ3v) is 23.4. The number of nitrogens with one attached hydrogen (secondary N) is 1. The van der Waals surface area contributed by atoms with Crippen molar-refractivity contribution in [3.63, 3.8) is 0 Å². The van der Waals surface area contributed by atoms with Crippen LogP contribution in [0.15, 0.2) is 121 Å². The van der Waals surface area contributed by atoms with Gasteiger partial charge in [-0.05, 0) is 73.6 Å². The molecule has 0 aliphatic carbocycles. The molecule has 0 saturated carbocycles. The van der Waals surface area contributed by atoms with Gasteiger partial charge in [-0.1, -0.05) is 329 Å². The van der Waals surface area contributed by atoms with Gasteiger partial charge in [-0.15, -0.1) is 0 Å². The van der Waals surface area contributed by atoms with Crippen molar-refractivity contribution in [1.29, 1.82) is 0 Å². The van der Waals surface area contributed by atoms with Gasteiger partial charge in [0.05, 0.1) is 72.0 Å². The summed E-state index contributed by atoms with van der Waals surface area (Å²) < 4.78 is 0. The summed E-state index contributed by atoms with van der Waals surface area (Å²) in [6.45, 7) is 6.43. The number of nitrogens with zero attached hydrogens (tertiary/aromatic N) is 10. The normalized spacial score (nSPS) is 11.1. The Labute approximate surface area is 757 Å². The van der Waals surface area contributed by atoms with E-state index in [1.54, 1.807) is 9.80 Å². The number of carbonyl (C=O) groups is 11. The van der Waals surface area contributed by atoms with Gasteiger partial charge >= 0.3 is 0 Å². The molecule has 9 N–H and O–H groups in total. The Morgan fingerprint density at radius 1 is 0.222 bits per heavy atom. The molecule has 704 valence electrons. The fraction of sp³-hybridized carbons (Fsp3) is 0.650. The van der Waals surface area contributed by atoms with Crippen molar-refractivity contribution in [1.82, 2.24) is 54.3 Å². The van der Waals surface area contributed by atoms with Crippen molar-refractivity contribution in [2.75, 3.05) is 164 Å². The van der Waals surface area contributed by atoms with Gasteiger partial charge in [-0.2, -0.15) is 0 Å². The standard InChI is InChI=1S/C100H163N15O11/c1-5-9-13-17-21-25-29-45-65-106(76-90(104)116)92(118)77-107(66-46-30-26-22-18-14-10-6-2)93(119)78-108(67-47-31-27-23-19-15-11-7-3)94(120)79-109(68-48-32-28-24-20-16-12-8-4)95(121)80-110(69-57-86-49-37-33-38-50-86)96(122)82-112(71-59-88-53-41-35-42-54-88)99(125)85-115(74-63-103)100(126)83-113(72-60-89-55-43-36-44-56-89)97(123)81-111(70-58-87-51-39-34-40-52-87)98(124)84-114(73-62-102)91(117)75-105-64-61-101/h33-44,49-56,105H,5-32,45-48,57-85,101-103H2,1-4H3,(H2,104,116). The predicted molar refractivity (Wildman–Crippen MR) is 506 cm³/mol. The van der Waals surface area contributed by atoms with Crippen LogP contribution in [0.1, 0.15) is 255 Å². The Morgan fingerprint density at radius 3 is 0.603 bits per heavy atom. The van der Waals surface area contributed by atoms with Gasteiger partial charge in [-0.25, -0.2) is 0 Å². The lowest BCUT2D eigenvalue weighted by atomic mass is 10.1. The van der Waals surface area contributed by atoms with Gasteiger partial charge in [0.1, 0.15) is 0 Å². The molecule has 0 atom stereocenters. The second-order valence-corrected chi connectivity index (χ2v) is 34.0. The lowest BCUT2D eigenvalue weighted by Gasteiger charge is -2.33. The Balaban J connectivity index is 1.77. The van der Waals surface area contributed by atoms with Gasteiger partial charge in [-0.3, -0.25) is 52.7 Å². The summed E-state index contributed by atoms with van der Waals surface area (Å²) in [5.41, 5.74) is 27.3. The number of amides is 11. The molecule has 0 heterocycles. The predicted octanol–water partition coefficient (Wildman–Crippen LogP) is 11.8. The van der Waals surface area contributed by atoms with Crippen molar-refractivity contribution in [3.8, 4) is 0 Å². The monoisotopic (exact) mass is 1750 g/mol. The summed E-state index contributed by atoms with van der Waals surface area (Å²) in [5.74, 6) is -5.56. The van der Waals surface area contributed by atoms with Crippen molar-refractivity contribution in [2.24, 2.45) is 22.9 Å². The molecule has 0 unspecified atom stereocenters. The SMILES string of the molecule is CCCCCCCCCCN(CC(N)=O)C(=O)CN(CCCCCCCCCC)C(=O)CN(CCCCCCCCCC)C(=O)CN(CCCCCCCCCC)C(=O)CN(CCc1ccccc1)C(=O)CN(CCc1ccccc1)C(=O)CN(CCN)C(=O)CN(CCc1ccccc1)C(=O)CN(CCc1ccccc1)C(=O)CN(CCN)C(=O)CNCCN. The second-order valence-electron chi connectivity index (χ2n) is 34.0. The minimum atomic E-state index is -0.639. The number of nitrogens with two attached hydrogens (primary N) is 4. The van der Waals surface area contributed by atoms with Crippen molar-refractivity contribution < 1.29 is 52.7 Å². The van der Waals surface area contributed by atoms with Crippen LogP contribution in [-0.4, -0.2) is 278 Å². The van der Waals surface area contributed by atoms with E-state index < -0.39 is 85.9 Å². The Hall–Kier alpha value is -9.11. The average molecular weight is 1750 g/mol. The van der Waals surface area contributed by atoms with Gasteiger partial charge in [0.2, 0.25) is 65.0 Å². The molecule has 126 heavy (non-hydrogen) atoms. The fourth-order valence-electron chi connectivity index (χ4n) is 15.6. The van der Waals surface area contributed by atoms with Crippen LogP contribution in [0.4, 0.5) is 0 Å². The third-order valence-electron chi connectivity index (χ3n) is 23.4. The summed E-state index contributed by atoms with van der Waals surface area (Å²) in [4.78, 5) is 177. The molecule has 26 heteroatoms. The second kappa shape index (κ2) is 69.9. The average Bonchev–Trinajstić information content (AvgIpc) is 0.852. The lowest BCUT2D eigenvalue weighted by Crippen LogP contribution is -2.54. The smallest absolute Gasteiger partial charge is 0.242 e. The summed E-state index contributed by atoms with van der Waals surface area (Å²) in [7, 11) is 0. The first-order valence-corrected chi connectivity index (χ1v) is 48.3. The highest BCUT2D eigenvalue weighted by Crippen LogP contribution is 2.19. The van der Waals surface area contributed by atoms with E-state index in [9.17, 15) is 19.2 Å². The lowest BCUT2D eigenvalue weighted by molar-refractivity contribution is -0.149. The minimum absolute atomic E-state index is 0.0227. The molecule has 4 aromatic carbocycles. The highest BCUT2D eigenvalue weighted by atomic mass is 16.2. The zero-order valence-corrected chi connectivity index (χ0v) is 78.0. The van der Waals surface area contributed by atoms with Crippen LogP contribution < -0.4 is 28.3 Å². The number of benzene rings is 4. The first kappa shape index (κ1) is 109. The highest BCUT2D eigenvalue weighted by Gasteiger charge is 2.33. The van der Waals surface area contributed by atoms with Gasteiger partial charge in [0.15, 0.2) is 0 Å². The molecule has 0 aliphatic rings. The maximum absolute atomic E-state index is 15.7. The fourth-order valence-corrected chi connectivity index (χ4v) is 15.6.